The van der Waals surface area contributed by atoms with Crippen molar-refractivity contribution in [2.24, 2.45) is 0 Å². The minimum atomic E-state index is 0.388. The first-order valence-electron chi connectivity index (χ1n) is 9.97. The lowest BCUT2D eigenvalue weighted by Crippen LogP contribution is -2.34. The molecule has 0 aromatic rings. The Balaban J connectivity index is 2.22. The fourth-order valence-corrected chi connectivity index (χ4v) is 3.25. The van der Waals surface area contributed by atoms with Crippen molar-refractivity contribution < 1.29 is 4.79 Å². The highest BCUT2D eigenvalue weighted by atomic mass is 16.2. The molecule has 1 aliphatic rings. The average Bonchev–Trinajstić information content (AvgIpc) is 2.57. The molecule has 0 atom stereocenters. The third kappa shape index (κ3) is 11.5. The van der Waals surface area contributed by atoms with Crippen molar-refractivity contribution in [3.8, 4) is 0 Å². The summed E-state index contributed by atoms with van der Waals surface area (Å²) in [5.41, 5.74) is 0. The van der Waals surface area contributed by atoms with Crippen LogP contribution in [0.15, 0.2) is 0 Å². The van der Waals surface area contributed by atoms with E-state index in [9.17, 15) is 4.79 Å². The highest BCUT2D eigenvalue weighted by Gasteiger charge is 2.12. The number of hydrogen-bond acceptors (Lipinski definition) is 3. The minimum absolute atomic E-state index is 0.388. The van der Waals surface area contributed by atoms with Crippen molar-refractivity contribution in [1.29, 1.82) is 0 Å². The summed E-state index contributed by atoms with van der Waals surface area (Å²) in [4.78, 5) is 14.6. The molecule has 1 amide bonds. The number of hydrogen-bond donors (Lipinski definition) is 2. The van der Waals surface area contributed by atoms with E-state index < -0.39 is 0 Å². The van der Waals surface area contributed by atoms with Gasteiger partial charge in [-0.3, -0.25) is 4.79 Å². The summed E-state index contributed by atoms with van der Waals surface area (Å²) in [7, 11) is 1.99. The van der Waals surface area contributed by atoms with Crippen molar-refractivity contribution in [2.45, 2.75) is 77.0 Å². The van der Waals surface area contributed by atoms with Crippen LogP contribution in [0.3, 0.4) is 0 Å². The molecule has 23 heavy (non-hydrogen) atoms. The molecule has 136 valence electrons. The molecule has 0 bridgehead atoms. The van der Waals surface area contributed by atoms with Gasteiger partial charge in [0.1, 0.15) is 0 Å². The quantitative estimate of drug-likeness (QED) is 0.673. The predicted molar refractivity (Wildman–Crippen MR) is 98.8 cm³/mol. The lowest BCUT2D eigenvalue weighted by molar-refractivity contribution is -0.131. The van der Waals surface area contributed by atoms with E-state index in [1.54, 1.807) is 0 Å². The van der Waals surface area contributed by atoms with E-state index in [0.29, 0.717) is 5.91 Å². The van der Waals surface area contributed by atoms with Gasteiger partial charge in [-0.05, 0) is 52.4 Å². The molecule has 0 spiro atoms. The molecule has 0 aromatic carbocycles. The number of nitrogens with one attached hydrogen (secondary N) is 2. The number of rotatable bonds is 8. The van der Waals surface area contributed by atoms with Gasteiger partial charge in [-0.2, -0.15) is 0 Å². The monoisotopic (exact) mass is 325 g/mol. The summed E-state index contributed by atoms with van der Waals surface area (Å²) in [6, 6.07) is 0. The van der Waals surface area contributed by atoms with Crippen molar-refractivity contribution in [3.05, 3.63) is 0 Å². The normalized spacial score (nSPS) is 19.0. The fraction of sp³-hybridized carbons (Fsp3) is 0.947. The van der Waals surface area contributed by atoms with E-state index in [4.69, 9.17) is 0 Å². The highest BCUT2D eigenvalue weighted by molar-refractivity contribution is 5.76. The largest absolute Gasteiger partial charge is 0.343 e. The Kier molecular flexibility index (Phi) is 13.3. The minimum Gasteiger partial charge on any atom is -0.343 e. The summed E-state index contributed by atoms with van der Waals surface area (Å²) in [6.07, 6.45) is 14.6. The Morgan fingerprint density at radius 1 is 0.826 bits per heavy atom. The van der Waals surface area contributed by atoms with E-state index in [1.165, 1.54) is 57.8 Å². The van der Waals surface area contributed by atoms with Gasteiger partial charge in [-0.25, -0.2) is 0 Å². The zero-order valence-corrected chi connectivity index (χ0v) is 15.4. The lowest BCUT2D eigenvalue weighted by Gasteiger charge is -2.23. The Hall–Kier alpha value is -0.610. The molecule has 1 saturated heterocycles. The van der Waals surface area contributed by atoms with Crippen LogP contribution in [0.2, 0.25) is 0 Å². The molecule has 1 heterocycles. The molecule has 4 heteroatoms. The predicted octanol–water partition coefficient (Wildman–Crippen LogP) is 3.32. The second kappa shape index (κ2) is 14.9. The van der Waals surface area contributed by atoms with Crippen molar-refractivity contribution >= 4 is 5.91 Å². The molecular weight excluding hydrogens is 286 g/mol. The molecule has 1 aliphatic heterocycles. The van der Waals surface area contributed by atoms with Gasteiger partial charge in [0, 0.05) is 19.5 Å². The number of carbonyl (C=O) groups is 1. The third-order valence-electron chi connectivity index (χ3n) is 4.73. The van der Waals surface area contributed by atoms with Crippen molar-refractivity contribution in [2.75, 3.05) is 39.8 Å². The summed E-state index contributed by atoms with van der Waals surface area (Å²) in [6.45, 7) is 5.05. The lowest BCUT2D eigenvalue weighted by atomic mass is 10.1. The first kappa shape index (κ1) is 20.4. The zero-order valence-electron chi connectivity index (χ0n) is 15.4. The van der Waals surface area contributed by atoms with Crippen LogP contribution in [0.1, 0.15) is 77.0 Å². The number of carbonyl (C=O) groups excluding carboxylic acids is 1. The van der Waals surface area contributed by atoms with Gasteiger partial charge in [-0.15, -0.1) is 0 Å². The Bertz CT molecular complexity index is 284. The first-order valence-corrected chi connectivity index (χ1v) is 9.97. The van der Waals surface area contributed by atoms with Crippen LogP contribution in [0.25, 0.3) is 0 Å². The molecule has 4 nitrogen and oxygen atoms in total. The second-order valence-corrected chi connectivity index (χ2v) is 6.87. The smallest absolute Gasteiger partial charge is 0.222 e. The summed E-state index contributed by atoms with van der Waals surface area (Å²) < 4.78 is 0. The van der Waals surface area contributed by atoms with Gasteiger partial charge in [0.2, 0.25) is 5.91 Å². The Labute approximate surface area is 143 Å². The van der Waals surface area contributed by atoms with Crippen LogP contribution >= 0.6 is 0 Å². The van der Waals surface area contributed by atoms with Crippen molar-refractivity contribution in [1.82, 2.24) is 15.5 Å². The van der Waals surface area contributed by atoms with E-state index in [1.807, 2.05) is 7.05 Å². The molecule has 0 unspecified atom stereocenters. The van der Waals surface area contributed by atoms with E-state index in [0.717, 1.165) is 52.0 Å². The topological polar surface area (TPSA) is 44.4 Å². The van der Waals surface area contributed by atoms with Crippen LogP contribution in [0.4, 0.5) is 0 Å². The van der Waals surface area contributed by atoms with E-state index in [-0.39, 0.29) is 0 Å². The fourth-order valence-electron chi connectivity index (χ4n) is 3.25. The van der Waals surface area contributed by atoms with Gasteiger partial charge in [0.15, 0.2) is 0 Å². The highest BCUT2D eigenvalue weighted by Crippen LogP contribution is 2.13. The zero-order chi connectivity index (χ0) is 16.6. The van der Waals surface area contributed by atoms with Crippen LogP contribution in [-0.4, -0.2) is 50.6 Å². The molecular formula is C19H39N3O. The maximum Gasteiger partial charge on any atom is 0.222 e. The second-order valence-electron chi connectivity index (χ2n) is 6.87. The first-order chi connectivity index (χ1) is 11.3. The average molecular weight is 326 g/mol. The molecule has 1 fully saturated rings. The maximum absolute atomic E-state index is 12.4. The van der Waals surface area contributed by atoms with Gasteiger partial charge < -0.3 is 15.5 Å². The molecule has 0 aromatic heterocycles. The van der Waals surface area contributed by atoms with E-state index in [2.05, 4.69) is 15.5 Å². The summed E-state index contributed by atoms with van der Waals surface area (Å²) >= 11 is 0. The number of nitrogens with zero attached hydrogens (tertiary/aromatic N) is 1. The Morgan fingerprint density at radius 2 is 1.43 bits per heavy atom. The van der Waals surface area contributed by atoms with Gasteiger partial charge in [-0.1, -0.05) is 44.9 Å². The SMILES string of the molecule is CNCCCNCCCN1CCCCCCCCCCCC1=O. The van der Waals surface area contributed by atoms with Crippen LogP contribution < -0.4 is 10.6 Å². The molecule has 2 N–H and O–H groups in total. The molecule has 1 rings (SSSR count). The standard InChI is InChI=1S/C19H39N3O/c1-20-14-11-15-21-16-12-18-22-17-10-8-6-4-2-3-5-7-9-13-19(22)23/h20-21H,2-18H2,1H3. The summed E-state index contributed by atoms with van der Waals surface area (Å²) in [5.74, 6) is 0.388. The van der Waals surface area contributed by atoms with Crippen molar-refractivity contribution in [3.63, 3.8) is 0 Å². The van der Waals surface area contributed by atoms with Crippen LogP contribution in [0, 0.1) is 0 Å². The van der Waals surface area contributed by atoms with Gasteiger partial charge >= 0.3 is 0 Å². The molecule has 0 radical (unpaired) electrons. The third-order valence-corrected chi connectivity index (χ3v) is 4.73. The number of amides is 1. The van der Waals surface area contributed by atoms with Crippen LogP contribution in [0.5, 0.6) is 0 Å². The van der Waals surface area contributed by atoms with E-state index >= 15 is 0 Å². The van der Waals surface area contributed by atoms with Gasteiger partial charge in [0.25, 0.3) is 0 Å². The summed E-state index contributed by atoms with van der Waals surface area (Å²) in [5, 5.41) is 6.63. The van der Waals surface area contributed by atoms with Crippen LogP contribution in [-0.2, 0) is 4.79 Å². The van der Waals surface area contributed by atoms with Gasteiger partial charge in [0.05, 0.1) is 0 Å². The Morgan fingerprint density at radius 3 is 2.13 bits per heavy atom. The maximum atomic E-state index is 12.4. The molecule has 0 aliphatic carbocycles. The molecule has 0 saturated carbocycles.